The van der Waals surface area contributed by atoms with Gasteiger partial charge in [0.2, 0.25) is 0 Å². The number of nitrogens with one attached hydrogen (secondary N) is 1. The second-order valence-electron chi connectivity index (χ2n) is 10.2. The molecular formula is C29H36N6O2. The van der Waals surface area contributed by atoms with Crippen molar-refractivity contribution in [3.63, 3.8) is 0 Å². The van der Waals surface area contributed by atoms with Crippen LogP contribution in [0.1, 0.15) is 79.2 Å². The highest BCUT2D eigenvalue weighted by molar-refractivity contribution is 5.85. The average molecular weight is 501 g/mol. The number of rotatable bonds is 9. The second-order valence-corrected chi connectivity index (χ2v) is 10.2. The number of aryl methyl sites for hydroxylation is 2. The molecule has 5 rings (SSSR count). The lowest BCUT2D eigenvalue weighted by molar-refractivity contribution is 0.158. The van der Waals surface area contributed by atoms with Crippen molar-refractivity contribution >= 4 is 10.9 Å². The van der Waals surface area contributed by atoms with Gasteiger partial charge in [0, 0.05) is 24.0 Å². The van der Waals surface area contributed by atoms with Crippen LogP contribution in [-0.4, -0.2) is 37.2 Å². The van der Waals surface area contributed by atoms with Crippen molar-refractivity contribution in [2.24, 2.45) is 0 Å². The van der Waals surface area contributed by atoms with Crippen molar-refractivity contribution in [2.45, 2.75) is 78.0 Å². The maximum absolute atomic E-state index is 13.3. The zero-order chi connectivity index (χ0) is 25.9. The van der Waals surface area contributed by atoms with E-state index in [2.05, 4.69) is 69.6 Å². The average Bonchev–Trinajstić information content (AvgIpc) is 3.60. The summed E-state index contributed by atoms with van der Waals surface area (Å²) in [5.74, 6) is 1.71. The Bertz CT molecular complexity index is 1420. The topological polar surface area (TPSA) is 88.9 Å². The molecule has 1 aliphatic rings. The number of ether oxygens (including phenoxy) is 1. The Balaban J connectivity index is 1.55. The van der Waals surface area contributed by atoms with Crippen LogP contribution in [0.15, 0.2) is 47.3 Å². The van der Waals surface area contributed by atoms with E-state index >= 15 is 0 Å². The van der Waals surface area contributed by atoms with Crippen molar-refractivity contribution in [3.8, 4) is 5.75 Å². The summed E-state index contributed by atoms with van der Waals surface area (Å²) in [4.78, 5) is 18.8. The third-order valence-electron chi connectivity index (χ3n) is 7.75. The quantitative estimate of drug-likeness (QED) is 0.331. The number of methoxy groups -OCH3 is 1. The Hall–Kier alpha value is -3.52. The van der Waals surface area contributed by atoms with Crippen LogP contribution in [0.2, 0.25) is 0 Å². The molecule has 2 aromatic heterocycles. The van der Waals surface area contributed by atoms with E-state index in [1.54, 1.807) is 7.11 Å². The Labute approximate surface area is 217 Å². The molecular weight excluding hydrogens is 464 g/mol. The van der Waals surface area contributed by atoms with Crippen LogP contribution in [0, 0.1) is 13.8 Å². The molecule has 0 unspecified atom stereocenters. The molecule has 8 nitrogen and oxygen atoms in total. The number of H-pyrrole nitrogens is 1. The van der Waals surface area contributed by atoms with Gasteiger partial charge in [0.25, 0.3) is 5.56 Å². The van der Waals surface area contributed by atoms with E-state index in [9.17, 15) is 4.79 Å². The number of aromatic amines is 1. The fraction of sp³-hybridized carbons (Fsp3) is 0.448. The summed E-state index contributed by atoms with van der Waals surface area (Å²) in [5.41, 5.74) is 4.97. The molecule has 0 saturated heterocycles. The number of aromatic nitrogens is 5. The highest BCUT2D eigenvalue weighted by Gasteiger charge is 2.29. The minimum atomic E-state index is -0.0498. The highest BCUT2D eigenvalue weighted by Crippen LogP contribution is 2.34. The lowest BCUT2D eigenvalue weighted by Gasteiger charge is -2.31. The summed E-state index contributed by atoms with van der Waals surface area (Å²) in [6, 6.07) is 14.6. The van der Waals surface area contributed by atoms with E-state index in [1.807, 2.05) is 23.7 Å². The summed E-state index contributed by atoms with van der Waals surface area (Å²) in [7, 11) is 1.67. The smallest absolute Gasteiger partial charge is 0.252 e. The molecule has 4 aromatic rings. The predicted molar refractivity (Wildman–Crippen MR) is 145 cm³/mol. The summed E-state index contributed by atoms with van der Waals surface area (Å²) in [5, 5.41) is 14.1. The minimum absolute atomic E-state index is 0.0357. The maximum atomic E-state index is 13.3. The number of tetrazole rings is 1. The van der Waals surface area contributed by atoms with Crippen LogP contribution in [0.3, 0.4) is 0 Å². The molecule has 8 heteroatoms. The summed E-state index contributed by atoms with van der Waals surface area (Å²) in [6.07, 6.45) is 5.46. The molecule has 1 atom stereocenters. The molecule has 37 heavy (non-hydrogen) atoms. The standard InChI is InChI=1S/C29H36N6O2/c1-5-26(28-31-32-33-35(28)23-8-6-7-9-23)34(17-21-12-14-24(37-4)15-13-21)18-22-16-25-19(2)10-11-20(3)27(25)30-29(22)36/h10-16,23,26H,5-9,17-18H2,1-4H3,(H,30,36)/t26-/m0/s1. The first-order chi connectivity index (χ1) is 18.0. The third kappa shape index (κ3) is 5.16. The maximum Gasteiger partial charge on any atom is 0.252 e. The molecule has 0 spiro atoms. The van der Waals surface area contributed by atoms with Gasteiger partial charge in [0.05, 0.1) is 24.7 Å². The predicted octanol–water partition coefficient (Wildman–Crippen LogP) is 5.41. The van der Waals surface area contributed by atoms with Crippen LogP contribution in [0.25, 0.3) is 10.9 Å². The van der Waals surface area contributed by atoms with E-state index in [1.165, 1.54) is 12.8 Å². The molecule has 1 fully saturated rings. The molecule has 0 aliphatic heterocycles. The van der Waals surface area contributed by atoms with Gasteiger partial charge in [-0.2, -0.15) is 0 Å². The Morgan fingerprint density at radius 2 is 1.81 bits per heavy atom. The molecule has 0 radical (unpaired) electrons. The van der Waals surface area contributed by atoms with Gasteiger partial charge in [0.1, 0.15) is 5.75 Å². The highest BCUT2D eigenvalue weighted by atomic mass is 16.5. The molecule has 194 valence electrons. The van der Waals surface area contributed by atoms with Crippen LogP contribution in [0.5, 0.6) is 5.75 Å². The van der Waals surface area contributed by atoms with Crippen LogP contribution in [0.4, 0.5) is 0 Å². The fourth-order valence-electron chi connectivity index (χ4n) is 5.63. The first-order valence-corrected chi connectivity index (χ1v) is 13.2. The van der Waals surface area contributed by atoms with Gasteiger partial charge >= 0.3 is 0 Å². The zero-order valence-corrected chi connectivity index (χ0v) is 22.2. The number of benzene rings is 2. The number of pyridine rings is 1. The van der Waals surface area contributed by atoms with Crippen LogP contribution >= 0.6 is 0 Å². The van der Waals surface area contributed by atoms with Gasteiger partial charge in [-0.05, 0) is 78.4 Å². The Kier molecular flexibility index (Phi) is 7.37. The number of nitrogens with zero attached hydrogens (tertiary/aromatic N) is 5. The Morgan fingerprint density at radius 1 is 1.08 bits per heavy atom. The zero-order valence-electron chi connectivity index (χ0n) is 22.2. The largest absolute Gasteiger partial charge is 0.497 e. The molecule has 0 amide bonds. The molecule has 0 bridgehead atoms. The van der Waals surface area contributed by atoms with E-state index in [0.717, 1.165) is 64.0 Å². The summed E-state index contributed by atoms with van der Waals surface area (Å²) < 4.78 is 7.40. The fourth-order valence-corrected chi connectivity index (χ4v) is 5.63. The van der Waals surface area contributed by atoms with E-state index in [4.69, 9.17) is 4.74 Å². The van der Waals surface area contributed by atoms with Crippen molar-refractivity contribution in [1.29, 1.82) is 0 Å². The van der Waals surface area contributed by atoms with Gasteiger partial charge < -0.3 is 9.72 Å². The number of hydrogen-bond acceptors (Lipinski definition) is 6. The first kappa shape index (κ1) is 25.1. The van der Waals surface area contributed by atoms with Gasteiger partial charge in [0.15, 0.2) is 5.82 Å². The minimum Gasteiger partial charge on any atom is -0.497 e. The van der Waals surface area contributed by atoms with Gasteiger partial charge in [-0.25, -0.2) is 4.68 Å². The van der Waals surface area contributed by atoms with Crippen LogP contribution in [-0.2, 0) is 13.1 Å². The van der Waals surface area contributed by atoms with Crippen molar-refractivity contribution in [2.75, 3.05) is 7.11 Å². The first-order valence-electron chi connectivity index (χ1n) is 13.2. The normalized spacial score (nSPS) is 15.1. The lowest BCUT2D eigenvalue weighted by atomic mass is 10.0. The van der Waals surface area contributed by atoms with Gasteiger partial charge in [-0.1, -0.05) is 44.0 Å². The monoisotopic (exact) mass is 500 g/mol. The van der Waals surface area contributed by atoms with E-state index < -0.39 is 0 Å². The second kappa shape index (κ2) is 10.8. The van der Waals surface area contributed by atoms with Crippen molar-refractivity contribution in [1.82, 2.24) is 30.1 Å². The van der Waals surface area contributed by atoms with Gasteiger partial charge in [-0.3, -0.25) is 9.69 Å². The molecule has 1 saturated carbocycles. The molecule has 1 aliphatic carbocycles. The number of hydrogen-bond donors (Lipinski definition) is 1. The molecule has 2 heterocycles. The molecule has 2 aromatic carbocycles. The number of fused-ring (bicyclic) bond motifs is 1. The van der Waals surface area contributed by atoms with Crippen molar-refractivity contribution in [3.05, 3.63) is 80.9 Å². The summed E-state index contributed by atoms with van der Waals surface area (Å²) in [6.45, 7) is 7.43. The Morgan fingerprint density at radius 3 is 2.51 bits per heavy atom. The molecule has 1 N–H and O–H groups in total. The summed E-state index contributed by atoms with van der Waals surface area (Å²) >= 11 is 0. The third-order valence-corrected chi connectivity index (χ3v) is 7.75. The van der Waals surface area contributed by atoms with Crippen LogP contribution < -0.4 is 10.3 Å². The van der Waals surface area contributed by atoms with E-state index in [-0.39, 0.29) is 11.6 Å². The van der Waals surface area contributed by atoms with Gasteiger partial charge in [-0.15, -0.1) is 5.10 Å². The lowest BCUT2D eigenvalue weighted by Crippen LogP contribution is -2.32. The van der Waals surface area contributed by atoms with E-state index in [0.29, 0.717) is 19.1 Å². The van der Waals surface area contributed by atoms with Crippen molar-refractivity contribution < 1.29 is 4.74 Å². The SMILES string of the molecule is CC[C@@H](c1nnnn1C1CCCC1)N(Cc1ccc(OC)cc1)Cc1cc2c(C)ccc(C)c2[nH]c1=O.